The van der Waals surface area contributed by atoms with Crippen molar-refractivity contribution in [2.75, 3.05) is 6.54 Å². The number of nitrogens with one attached hydrogen (secondary N) is 1. The molecule has 0 saturated heterocycles. The predicted molar refractivity (Wildman–Crippen MR) is 72.4 cm³/mol. The van der Waals surface area contributed by atoms with Crippen LogP contribution in [0.4, 0.5) is 0 Å². The zero-order valence-corrected chi connectivity index (χ0v) is 11.0. The van der Waals surface area contributed by atoms with Crippen LogP contribution in [0.5, 0.6) is 0 Å². The van der Waals surface area contributed by atoms with E-state index in [1.807, 2.05) is 30.3 Å². The summed E-state index contributed by atoms with van der Waals surface area (Å²) in [4.78, 5) is 11.8. The van der Waals surface area contributed by atoms with Crippen molar-refractivity contribution in [2.24, 2.45) is 5.92 Å². The Bertz CT molecular complexity index is 407. The van der Waals surface area contributed by atoms with Crippen LogP contribution in [-0.2, 0) is 4.79 Å². The van der Waals surface area contributed by atoms with Crippen LogP contribution in [0.15, 0.2) is 30.3 Å². The Morgan fingerprint density at radius 3 is 2.68 bits per heavy atom. The van der Waals surface area contributed by atoms with Gasteiger partial charge in [0.2, 0.25) is 5.91 Å². The van der Waals surface area contributed by atoms with Crippen LogP contribution in [0, 0.1) is 5.92 Å². The van der Waals surface area contributed by atoms with Gasteiger partial charge in [-0.25, -0.2) is 0 Å². The second-order valence-corrected chi connectivity index (χ2v) is 5.11. The highest BCUT2D eigenvalue weighted by Gasteiger charge is 2.31. The van der Waals surface area contributed by atoms with E-state index in [0.717, 1.165) is 18.4 Å². The van der Waals surface area contributed by atoms with E-state index in [-0.39, 0.29) is 11.8 Å². The summed E-state index contributed by atoms with van der Waals surface area (Å²) in [6.07, 6.45) is 1.80. The van der Waals surface area contributed by atoms with Gasteiger partial charge >= 0.3 is 0 Å². The van der Waals surface area contributed by atoms with E-state index >= 15 is 0 Å². The van der Waals surface area contributed by atoms with Gasteiger partial charge in [-0.3, -0.25) is 4.79 Å². The van der Waals surface area contributed by atoms with Gasteiger partial charge in [0.25, 0.3) is 0 Å². The molecular weight excluding hydrogens is 242 g/mol. The number of carbonyl (C=O) groups is 1. The molecule has 1 aliphatic carbocycles. The SMILES string of the molecule is O=C(NCCC(O)c1ccccc1)C1CCCC1O. The molecule has 2 rings (SSSR count). The maximum Gasteiger partial charge on any atom is 0.225 e. The van der Waals surface area contributed by atoms with Crippen LogP contribution in [0.25, 0.3) is 0 Å². The maximum absolute atomic E-state index is 11.8. The number of amides is 1. The average molecular weight is 263 g/mol. The molecule has 0 heterocycles. The van der Waals surface area contributed by atoms with Gasteiger partial charge in [-0.05, 0) is 31.2 Å². The zero-order valence-electron chi connectivity index (χ0n) is 11.0. The fraction of sp³-hybridized carbons (Fsp3) is 0.533. The van der Waals surface area contributed by atoms with Crippen molar-refractivity contribution in [2.45, 2.75) is 37.9 Å². The molecule has 1 aromatic rings. The zero-order chi connectivity index (χ0) is 13.7. The molecule has 104 valence electrons. The van der Waals surface area contributed by atoms with Crippen LogP contribution < -0.4 is 5.32 Å². The number of carbonyl (C=O) groups excluding carboxylic acids is 1. The van der Waals surface area contributed by atoms with Gasteiger partial charge in [0.1, 0.15) is 0 Å². The molecule has 1 aromatic carbocycles. The lowest BCUT2D eigenvalue weighted by Gasteiger charge is -2.16. The largest absolute Gasteiger partial charge is 0.392 e. The van der Waals surface area contributed by atoms with Crippen LogP contribution in [-0.4, -0.2) is 28.8 Å². The average Bonchev–Trinajstić information content (AvgIpc) is 2.86. The molecule has 3 atom stereocenters. The fourth-order valence-corrected chi connectivity index (χ4v) is 2.55. The van der Waals surface area contributed by atoms with E-state index in [2.05, 4.69) is 5.32 Å². The molecule has 1 aliphatic rings. The first-order valence-electron chi connectivity index (χ1n) is 6.87. The predicted octanol–water partition coefficient (Wildman–Crippen LogP) is 1.39. The number of benzene rings is 1. The summed E-state index contributed by atoms with van der Waals surface area (Å²) >= 11 is 0. The van der Waals surface area contributed by atoms with Crippen LogP contribution in [0.3, 0.4) is 0 Å². The first-order chi connectivity index (χ1) is 9.18. The molecule has 3 N–H and O–H groups in total. The van der Waals surface area contributed by atoms with E-state index in [4.69, 9.17) is 0 Å². The number of aliphatic hydroxyl groups is 2. The summed E-state index contributed by atoms with van der Waals surface area (Å²) in [5.74, 6) is -0.362. The highest BCUT2D eigenvalue weighted by atomic mass is 16.3. The monoisotopic (exact) mass is 263 g/mol. The van der Waals surface area contributed by atoms with Gasteiger partial charge in [0, 0.05) is 6.54 Å². The lowest BCUT2D eigenvalue weighted by Crippen LogP contribution is -2.35. The number of hydrogen-bond acceptors (Lipinski definition) is 3. The fourth-order valence-electron chi connectivity index (χ4n) is 2.55. The first-order valence-corrected chi connectivity index (χ1v) is 6.87. The molecule has 0 aliphatic heterocycles. The van der Waals surface area contributed by atoms with E-state index in [9.17, 15) is 15.0 Å². The highest BCUT2D eigenvalue weighted by molar-refractivity contribution is 5.79. The molecule has 4 nitrogen and oxygen atoms in total. The smallest absolute Gasteiger partial charge is 0.225 e. The Kier molecular flexibility index (Phi) is 4.93. The topological polar surface area (TPSA) is 69.6 Å². The summed E-state index contributed by atoms with van der Waals surface area (Å²) in [7, 11) is 0. The molecule has 1 saturated carbocycles. The van der Waals surface area contributed by atoms with E-state index < -0.39 is 12.2 Å². The lowest BCUT2D eigenvalue weighted by molar-refractivity contribution is -0.127. The summed E-state index contributed by atoms with van der Waals surface area (Å²) in [6.45, 7) is 0.429. The standard InChI is InChI=1S/C15H21NO3/c17-13(11-5-2-1-3-6-11)9-10-16-15(19)12-7-4-8-14(12)18/h1-3,5-6,12-14,17-18H,4,7-10H2,(H,16,19). The summed E-state index contributed by atoms with van der Waals surface area (Å²) in [5.41, 5.74) is 0.859. The molecule has 3 unspecified atom stereocenters. The third kappa shape index (κ3) is 3.78. The van der Waals surface area contributed by atoms with E-state index in [0.29, 0.717) is 19.4 Å². The molecular formula is C15H21NO3. The van der Waals surface area contributed by atoms with Gasteiger partial charge in [-0.2, -0.15) is 0 Å². The molecule has 0 bridgehead atoms. The van der Waals surface area contributed by atoms with Crippen molar-refractivity contribution < 1.29 is 15.0 Å². The molecule has 1 amide bonds. The Balaban J connectivity index is 1.73. The summed E-state index contributed by atoms with van der Waals surface area (Å²) < 4.78 is 0. The number of hydrogen-bond donors (Lipinski definition) is 3. The van der Waals surface area contributed by atoms with Crippen molar-refractivity contribution in [1.29, 1.82) is 0 Å². The molecule has 4 heteroatoms. The Morgan fingerprint density at radius 1 is 1.32 bits per heavy atom. The normalized spacial score (nSPS) is 24.1. The Morgan fingerprint density at radius 2 is 2.05 bits per heavy atom. The molecule has 0 radical (unpaired) electrons. The van der Waals surface area contributed by atoms with Crippen molar-refractivity contribution in [1.82, 2.24) is 5.32 Å². The van der Waals surface area contributed by atoms with Gasteiger partial charge in [0.15, 0.2) is 0 Å². The van der Waals surface area contributed by atoms with Crippen molar-refractivity contribution in [3.63, 3.8) is 0 Å². The van der Waals surface area contributed by atoms with E-state index in [1.54, 1.807) is 0 Å². The molecule has 0 aromatic heterocycles. The quantitative estimate of drug-likeness (QED) is 0.752. The number of rotatable bonds is 5. The second-order valence-electron chi connectivity index (χ2n) is 5.11. The third-order valence-electron chi connectivity index (χ3n) is 3.72. The molecule has 19 heavy (non-hydrogen) atoms. The van der Waals surface area contributed by atoms with Crippen molar-refractivity contribution in [3.05, 3.63) is 35.9 Å². The van der Waals surface area contributed by atoms with Gasteiger partial charge in [-0.1, -0.05) is 30.3 Å². The molecule has 1 fully saturated rings. The third-order valence-corrected chi connectivity index (χ3v) is 3.72. The highest BCUT2D eigenvalue weighted by Crippen LogP contribution is 2.25. The number of aliphatic hydroxyl groups excluding tert-OH is 2. The maximum atomic E-state index is 11.8. The van der Waals surface area contributed by atoms with Gasteiger partial charge in [0.05, 0.1) is 18.1 Å². The minimum atomic E-state index is -0.560. The van der Waals surface area contributed by atoms with E-state index in [1.165, 1.54) is 0 Å². The van der Waals surface area contributed by atoms with Gasteiger partial charge < -0.3 is 15.5 Å². The van der Waals surface area contributed by atoms with Crippen LogP contribution in [0.1, 0.15) is 37.4 Å². The summed E-state index contributed by atoms with van der Waals surface area (Å²) in [5, 5.41) is 22.4. The molecule has 0 spiro atoms. The minimum Gasteiger partial charge on any atom is -0.392 e. The lowest BCUT2D eigenvalue weighted by atomic mass is 10.0. The van der Waals surface area contributed by atoms with Gasteiger partial charge in [-0.15, -0.1) is 0 Å². The van der Waals surface area contributed by atoms with Crippen LogP contribution >= 0.6 is 0 Å². The van der Waals surface area contributed by atoms with Crippen LogP contribution in [0.2, 0.25) is 0 Å². The Hall–Kier alpha value is -1.39. The van der Waals surface area contributed by atoms with Crippen molar-refractivity contribution in [3.8, 4) is 0 Å². The minimum absolute atomic E-state index is 0.0924. The Labute approximate surface area is 113 Å². The summed E-state index contributed by atoms with van der Waals surface area (Å²) in [6, 6.07) is 9.40. The first kappa shape index (κ1) is 14.0. The van der Waals surface area contributed by atoms with Crippen molar-refractivity contribution >= 4 is 5.91 Å². The second kappa shape index (κ2) is 6.68.